The van der Waals surface area contributed by atoms with E-state index in [2.05, 4.69) is 31.3 Å². The van der Waals surface area contributed by atoms with Crippen molar-refractivity contribution in [2.24, 2.45) is 0 Å². The lowest BCUT2D eigenvalue weighted by molar-refractivity contribution is 0.494. The largest absolute Gasteiger partial charge is 0.304 e. The molecule has 2 heteroatoms. The average molecular weight is 243 g/mol. The summed E-state index contributed by atoms with van der Waals surface area (Å²) < 4.78 is 12.9. The zero-order valence-electron chi connectivity index (χ0n) is 10.7. The smallest absolute Gasteiger partial charge is 0.123 e. The standard InChI is InChI=1S/C16H18FN/c1-12(14-6-4-3-5-7-14)18-13(2)15-8-10-16(17)11-9-15/h3-13,18H,1-2H3/t12-,13?/m1/s1. The minimum Gasteiger partial charge on any atom is -0.304 e. The van der Waals surface area contributed by atoms with Crippen LogP contribution in [0, 0.1) is 5.82 Å². The second-order valence-corrected chi connectivity index (χ2v) is 4.57. The van der Waals surface area contributed by atoms with E-state index in [-0.39, 0.29) is 17.9 Å². The van der Waals surface area contributed by atoms with E-state index in [1.807, 2.05) is 30.3 Å². The molecular formula is C16H18FN. The summed E-state index contributed by atoms with van der Waals surface area (Å²) in [6.45, 7) is 4.22. The van der Waals surface area contributed by atoms with Crippen molar-refractivity contribution < 1.29 is 4.39 Å². The zero-order valence-corrected chi connectivity index (χ0v) is 10.7. The van der Waals surface area contributed by atoms with Crippen LogP contribution in [0.3, 0.4) is 0 Å². The van der Waals surface area contributed by atoms with E-state index in [1.165, 1.54) is 17.7 Å². The Morgan fingerprint density at radius 2 is 1.28 bits per heavy atom. The molecule has 2 aromatic rings. The summed E-state index contributed by atoms with van der Waals surface area (Å²) >= 11 is 0. The fourth-order valence-electron chi connectivity index (χ4n) is 2.06. The van der Waals surface area contributed by atoms with Crippen molar-refractivity contribution in [2.45, 2.75) is 25.9 Å². The average Bonchev–Trinajstić information content (AvgIpc) is 2.40. The highest BCUT2D eigenvalue weighted by Gasteiger charge is 2.10. The fraction of sp³-hybridized carbons (Fsp3) is 0.250. The fourth-order valence-corrected chi connectivity index (χ4v) is 2.06. The van der Waals surface area contributed by atoms with Crippen LogP contribution in [-0.4, -0.2) is 0 Å². The Hall–Kier alpha value is -1.67. The molecule has 2 rings (SSSR count). The number of benzene rings is 2. The molecule has 18 heavy (non-hydrogen) atoms. The van der Waals surface area contributed by atoms with Gasteiger partial charge >= 0.3 is 0 Å². The molecule has 1 unspecified atom stereocenters. The van der Waals surface area contributed by atoms with Gasteiger partial charge in [0.15, 0.2) is 0 Å². The maximum absolute atomic E-state index is 12.9. The topological polar surface area (TPSA) is 12.0 Å². The Labute approximate surface area is 108 Å². The number of hydrogen-bond acceptors (Lipinski definition) is 1. The lowest BCUT2D eigenvalue weighted by Gasteiger charge is -2.20. The van der Waals surface area contributed by atoms with Gasteiger partial charge < -0.3 is 5.32 Å². The molecule has 0 bridgehead atoms. The van der Waals surface area contributed by atoms with Crippen LogP contribution >= 0.6 is 0 Å². The minimum absolute atomic E-state index is 0.193. The van der Waals surface area contributed by atoms with Gasteiger partial charge in [0.25, 0.3) is 0 Å². The first-order valence-corrected chi connectivity index (χ1v) is 6.23. The van der Waals surface area contributed by atoms with Crippen LogP contribution in [0.15, 0.2) is 54.6 Å². The molecule has 94 valence electrons. The van der Waals surface area contributed by atoms with Crippen molar-refractivity contribution in [3.63, 3.8) is 0 Å². The van der Waals surface area contributed by atoms with Crippen LogP contribution in [0.4, 0.5) is 4.39 Å². The zero-order chi connectivity index (χ0) is 13.0. The van der Waals surface area contributed by atoms with Gasteiger partial charge in [-0.25, -0.2) is 4.39 Å². The Bertz CT molecular complexity index is 478. The minimum atomic E-state index is -0.193. The summed E-state index contributed by atoms with van der Waals surface area (Å²) in [6.07, 6.45) is 0. The van der Waals surface area contributed by atoms with E-state index in [0.29, 0.717) is 0 Å². The summed E-state index contributed by atoms with van der Waals surface area (Å²) in [5.41, 5.74) is 2.35. The molecule has 0 aliphatic carbocycles. The van der Waals surface area contributed by atoms with E-state index in [0.717, 1.165) is 5.56 Å². The predicted molar refractivity (Wildman–Crippen MR) is 72.8 cm³/mol. The van der Waals surface area contributed by atoms with Crippen LogP contribution in [0.5, 0.6) is 0 Å². The third-order valence-corrected chi connectivity index (χ3v) is 3.17. The highest BCUT2D eigenvalue weighted by molar-refractivity contribution is 5.22. The molecular weight excluding hydrogens is 225 g/mol. The molecule has 0 aliphatic heterocycles. The maximum Gasteiger partial charge on any atom is 0.123 e. The van der Waals surface area contributed by atoms with Crippen molar-refractivity contribution in [2.75, 3.05) is 0 Å². The van der Waals surface area contributed by atoms with Crippen molar-refractivity contribution in [1.82, 2.24) is 5.32 Å². The quantitative estimate of drug-likeness (QED) is 0.847. The van der Waals surface area contributed by atoms with Gasteiger partial charge in [-0.1, -0.05) is 42.5 Å². The summed E-state index contributed by atoms with van der Waals surface area (Å²) in [6, 6.07) is 17.4. The van der Waals surface area contributed by atoms with E-state index in [4.69, 9.17) is 0 Å². The molecule has 0 amide bonds. The molecule has 0 saturated carbocycles. The Kier molecular flexibility index (Phi) is 4.11. The van der Waals surface area contributed by atoms with Crippen LogP contribution in [-0.2, 0) is 0 Å². The molecule has 0 fully saturated rings. The van der Waals surface area contributed by atoms with Crippen molar-refractivity contribution >= 4 is 0 Å². The van der Waals surface area contributed by atoms with E-state index in [1.54, 1.807) is 0 Å². The van der Waals surface area contributed by atoms with Crippen molar-refractivity contribution in [1.29, 1.82) is 0 Å². The monoisotopic (exact) mass is 243 g/mol. The number of nitrogens with one attached hydrogen (secondary N) is 1. The SMILES string of the molecule is CC(N[C@H](C)c1ccccc1)c1ccc(F)cc1. The Balaban J connectivity index is 2.03. The molecule has 2 atom stereocenters. The molecule has 0 spiro atoms. The third-order valence-electron chi connectivity index (χ3n) is 3.17. The predicted octanol–water partition coefficient (Wildman–Crippen LogP) is 4.24. The molecule has 1 N–H and O–H groups in total. The summed E-state index contributed by atoms with van der Waals surface area (Å²) in [5.74, 6) is -0.193. The lowest BCUT2D eigenvalue weighted by Crippen LogP contribution is -2.22. The first-order chi connectivity index (χ1) is 8.66. The first-order valence-electron chi connectivity index (χ1n) is 6.23. The Morgan fingerprint density at radius 3 is 1.83 bits per heavy atom. The van der Waals surface area contributed by atoms with Gasteiger partial charge in [-0.15, -0.1) is 0 Å². The highest BCUT2D eigenvalue weighted by Crippen LogP contribution is 2.19. The van der Waals surface area contributed by atoms with E-state index >= 15 is 0 Å². The molecule has 0 saturated heterocycles. The molecule has 1 nitrogen and oxygen atoms in total. The van der Waals surface area contributed by atoms with E-state index < -0.39 is 0 Å². The van der Waals surface area contributed by atoms with Crippen molar-refractivity contribution in [3.8, 4) is 0 Å². The Morgan fingerprint density at radius 1 is 0.778 bits per heavy atom. The van der Waals surface area contributed by atoms with Gasteiger partial charge in [0, 0.05) is 12.1 Å². The van der Waals surface area contributed by atoms with Crippen LogP contribution in [0.1, 0.15) is 37.1 Å². The van der Waals surface area contributed by atoms with Crippen LogP contribution < -0.4 is 5.32 Å². The van der Waals surface area contributed by atoms with Gasteiger partial charge in [0.1, 0.15) is 5.82 Å². The normalized spacial score (nSPS) is 14.2. The first kappa shape index (κ1) is 12.8. The number of rotatable bonds is 4. The van der Waals surface area contributed by atoms with Gasteiger partial charge in [-0.2, -0.15) is 0 Å². The summed E-state index contributed by atoms with van der Waals surface area (Å²) in [4.78, 5) is 0. The van der Waals surface area contributed by atoms with Gasteiger partial charge in [-0.3, -0.25) is 0 Å². The summed E-state index contributed by atoms with van der Waals surface area (Å²) in [5, 5.41) is 3.51. The van der Waals surface area contributed by atoms with Gasteiger partial charge in [0.05, 0.1) is 0 Å². The number of halogens is 1. The van der Waals surface area contributed by atoms with Crippen LogP contribution in [0.25, 0.3) is 0 Å². The van der Waals surface area contributed by atoms with Crippen LogP contribution in [0.2, 0.25) is 0 Å². The second kappa shape index (κ2) is 5.78. The molecule has 0 aromatic heterocycles. The second-order valence-electron chi connectivity index (χ2n) is 4.57. The highest BCUT2D eigenvalue weighted by atomic mass is 19.1. The molecule has 0 radical (unpaired) electrons. The van der Waals surface area contributed by atoms with Crippen molar-refractivity contribution in [3.05, 3.63) is 71.5 Å². The van der Waals surface area contributed by atoms with E-state index in [9.17, 15) is 4.39 Å². The summed E-state index contributed by atoms with van der Waals surface area (Å²) in [7, 11) is 0. The third kappa shape index (κ3) is 3.17. The number of hydrogen-bond donors (Lipinski definition) is 1. The van der Waals surface area contributed by atoms with Gasteiger partial charge in [0.2, 0.25) is 0 Å². The van der Waals surface area contributed by atoms with Gasteiger partial charge in [-0.05, 0) is 37.1 Å². The maximum atomic E-state index is 12.9. The molecule has 0 heterocycles. The lowest BCUT2D eigenvalue weighted by atomic mass is 10.0. The molecule has 2 aromatic carbocycles. The molecule has 0 aliphatic rings.